The van der Waals surface area contributed by atoms with Crippen molar-refractivity contribution in [2.24, 2.45) is 5.92 Å². The molecule has 0 saturated carbocycles. The van der Waals surface area contributed by atoms with Crippen LogP contribution in [0, 0.1) is 19.8 Å². The first-order chi connectivity index (χ1) is 9.06. The topological polar surface area (TPSA) is 43.0 Å². The van der Waals surface area contributed by atoms with Gasteiger partial charge in [0, 0.05) is 18.8 Å². The van der Waals surface area contributed by atoms with E-state index >= 15 is 0 Å². The third-order valence-electron chi connectivity index (χ3n) is 3.33. The van der Waals surface area contributed by atoms with E-state index in [-0.39, 0.29) is 6.04 Å². The molecule has 2 aromatic rings. The lowest BCUT2D eigenvalue weighted by Crippen LogP contribution is -2.27. The number of nitrogens with one attached hydrogen (secondary N) is 1. The predicted octanol–water partition coefficient (Wildman–Crippen LogP) is 3.08. The van der Waals surface area contributed by atoms with Crippen molar-refractivity contribution in [2.75, 3.05) is 6.54 Å². The lowest BCUT2D eigenvalue weighted by atomic mass is 10.1. The molecule has 0 aliphatic heterocycles. The van der Waals surface area contributed by atoms with Crippen molar-refractivity contribution in [2.45, 2.75) is 40.3 Å². The molecule has 2 atom stereocenters. The van der Waals surface area contributed by atoms with E-state index < -0.39 is 0 Å². The van der Waals surface area contributed by atoms with Gasteiger partial charge in [0.2, 0.25) is 0 Å². The molecule has 0 radical (unpaired) electrons. The van der Waals surface area contributed by atoms with E-state index in [1.807, 2.05) is 19.1 Å². The highest BCUT2D eigenvalue weighted by atomic mass is 16.3. The molecule has 0 aliphatic rings. The molecule has 0 bridgehead atoms. The van der Waals surface area contributed by atoms with Crippen LogP contribution in [0.1, 0.15) is 37.0 Å². The van der Waals surface area contributed by atoms with Crippen LogP contribution in [0.5, 0.6) is 0 Å². The molecule has 0 aromatic carbocycles. The average molecular weight is 261 g/mol. The summed E-state index contributed by atoms with van der Waals surface area (Å²) in [4.78, 5) is 0. The summed E-state index contributed by atoms with van der Waals surface area (Å²) in [6, 6.07) is 6.29. The average Bonchev–Trinajstić information content (AvgIpc) is 2.97. The van der Waals surface area contributed by atoms with Gasteiger partial charge in [0.1, 0.15) is 5.76 Å². The van der Waals surface area contributed by atoms with Crippen LogP contribution in [0.25, 0.3) is 0 Å². The van der Waals surface area contributed by atoms with E-state index in [0.29, 0.717) is 5.92 Å². The maximum Gasteiger partial charge on any atom is 0.120 e. The van der Waals surface area contributed by atoms with Crippen LogP contribution in [0.2, 0.25) is 0 Å². The molecule has 0 aliphatic carbocycles. The highest BCUT2D eigenvalue weighted by molar-refractivity contribution is 5.06. The van der Waals surface area contributed by atoms with Crippen LogP contribution in [0.15, 0.2) is 28.9 Å². The molecule has 0 spiro atoms. The van der Waals surface area contributed by atoms with Crippen LogP contribution in [0.3, 0.4) is 0 Å². The first kappa shape index (κ1) is 13.9. The Bertz CT molecular complexity index is 501. The van der Waals surface area contributed by atoms with Crippen molar-refractivity contribution in [1.29, 1.82) is 0 Å². The second-order valence-electron chi connectivity index (χ2n) is 5.36. The number of furan rings is 1. The fourth-order valence-electron chi connectivity index (χ4n) is 2.24. The van der Waals surface area contributed by atoms with Crippen molar-refractivity contribution >= 4 is 0 Å². The van der Waals surface area contributed by atoms with Crippen LogP contribution >= 0.6 is 0 Å². The van der Waals surface area contributed by atoms with Gasteiger partial charge in [-0.05, 0) is 44.9 Å². The molecule has 1 N–H and O–H groups in total. The summed E-state index contributed by atoms with van der Waals surface area (Å²) in [7, 11) is 0. The lowest BCUT2D eigenvalue weighted by molar-refractivity contribution is 0.371. The van der Waals surface area contributed by atoms with Gasteiger partial charge in [0.15, 0.2) is 0 Å². The zero-order chi connectivity index (χ0) is 13.8. The van der Waals surface area contributed by atoms with E-state index in [0.717, 1.165) is 24.5 Å². The fraction of sp³-hybridized carbons (Fsp3) is 0.533. The van der Waals surface area contributed by atoms with E-state index in [1.54, 1.807) is 6.26 Å². The summed E-state index contributed by atoms with van der Waals surface area (Å²) in [5.74, 6) is 1.51. The number of hydrogen-bond acceptors (Lipinski definition) is 3. The summed E-state index contributed by atoms with van der Waals surface area (Å²) in [5.41, 5.74) is 2.31. The minimum absolute atomic E-state index is 0.248. The van der Waals surface area contributed by atoms with Gasteiger partial charge in [0.25, 0.3) is 0 Å². The van der Waals surface area contributed by atoms with Gasteiger partial charge in [-0.2, -0.15) is 5.10 Å². The minimum atomic E-state index is 0.248. The van der Waals surface area contributed by atoms with Crippen LogP contribution < -0.4 is 5.32 Å². The van der Waals surface area contributed by atoms with Gasteiger partial charge in [0.05, 0.1) is 18.0 Å². The van der Waals surface area contributed by atoms with E-state index in [9.17, 15) is 0 Å². The first-order valence-corrected chi connectivity index (χ1v) is 6.84. The summed E-state index contributed by atoms with van der Waals surface area (Å²) in [5, 5.41) is 7.99. The van der Waals surface area contributed by atoms with Crippen molar-refractivity contribution in [3.63, 3.8) is 0 Å². The van der Waals surface area contributed by atoms with Crippen molar-refractivity contribution in [3.8, 4) is 0 Å². The van der Waals surface area contributed by atoms with Crippen molar-refractivity contribution < 1.29 is 4.42 Å². The zero-order valence-electron chi connectivity index (χ0n) is 12.2. The van der Waals surface area contributed by atoms with Gasteiger partial charge in [-0.1, -0.05) is 6.92 Å². The van der Waals surface area contributed by atoms with Gasteiger partial charge in [-0.15, -0.1) is 0 Å². The Morgan fingerprint density at radius 3 is 2.74 bits per heavy atom. The molecule has 0 amide bonds. The summed E-state index contributed by atoms with van der Waals surface area (Å²) < 4.78 is 7.47. The van der Waals surface area contributed by atoms with E-state index in [4.69, 9.17) is 4.42 Å². The van der Waals surface area contributed by atoms with Gasteiger partial charge in [-0.3, -0.25) is 4.68 Å². The molecule has 0 unspecified atom stereocenters. The monoisotopic (exact) mass is 261 g/mol. The zero-order valence-corrected chi connectivity index (χ0v) is 12.2. The number of rotatable bonds is 6. The van der Waals surface area contributed by atoms with Crippen molar-refractivity contribution in [3.05, 3.63) is 41.6 Å². The Morgan fingerprint density at radius 2 is 2.16 bits per heavy atom. The number of nitrogens with zero attached hydrogens (tertiary/aromatic N) is 2. The highest BCUT2D eigenvalue weighted by Crippen LogP contribution is 2.13. The lowest BCUT2D eigenvalue weighted by Gasteiger charge is -2.17. The van der Waals surface area contributed by atoms with Gasteiger partial charge >= 0.3 is 0 Å². The second-order valence-corrected chi connectivity index (χ2v) is 5.36. The largest absolute Gasteiger partial charge is 0.468 e. The van der Waals surface area contributed by atoms with Crippen LogP contribution in [-0.2, 0) is 6.54 Å². The number of aromatic nitrogens is 2. The second kappa shape index (κ2) is 6.06. The number of aryl methyl sites for hydroxylation is 2. The summed E-state index contributed by atoms with van der Waals surface area (Å²) in [6.45, 7) is 10.4. The van der Waals surface area contributed by atoms with Crippen molar-refractivity contribution in [1.82, 2.24) is 15.1 Å². The first-order valence-electron chi connectivity index (χ1n) is 6.84. The van der Waals surface area contributed by atoms with E-state index in [2.05, 4.69) is 41.9 Å². The molecule has 104 valence electrons. The maximum absolute atomic E-state index is 5.39. The Hall–Kier alpha value is -1.55. The maximum atomic E-state index is 5.39. The molecule has 19 heavy (non-hydrogen) atoms. The Kier molecular flexibility index (Phi) is 4.43. The van der Waals surface area contributed by atoms with Crippen LogP contribution in [-0.4, -0.2) is 16.3 Å². The quantitative estimate of drug-likeness (QED) is 0.869. The summed E-state index contributed by atoms with van der Waals surface area (Å²) in [6.07, 6.45) is 1.72. The smallest absolute Gasteiger partial charge is 0.120 e. The molecular weight excluding hydrogens is 238 g/mol. The standard InChI is InChI=1S/C15H23N3O/c1-11(10-18-13(3)8-12(2)17-18)9-16-14(4)15-6-5-7-19-15/h5-8,11,14,16H,9-10H2,1-4H3/t11-,14+/m1/s1. The van der Waals surface area contributed by atoms with Crippen LogP contribution in [0.4, 0.5) is 0 Å². The molecule has 0 saturated heterocycles. The normalized spacial score (nSPS) is 14.5. The van der Waals surface area contributed by atoms with Gasteiger partial charge < -0.3 is 9.73 Å². The molecule has 2 heterocycles. The minimum Gasteiger partial charge on any atom is -0.468 e. The molecule has 0 fully saturated rings. The summed E-state index contributed by atoms with van der Waals surface area (Å²) >= 11 is 0. The molecule has 4 nitrogen and oxygen atoms in total. The molecule has 4 heteroatoms. The molecule has 2 rings (SSSR count). The fourth-order valence-corrected chi connectivity index (χ4v) is 2.24. The Labute approximate surface area is 114 Å². The SMILES string of the molecule is Cc1cc(C)n(C[C@H](C)CN[C@@H](C)c2ccco2)n1. The third-order valence-corrected chi connectivity index (χ3v) is 3.33. The van der Waals surface area contributed by atoms with E-state index in [1.165, 1.54) is 5.69 Å². The highest BCUT2D eigenvalue weighted by Gasteiger charge is 2.11. The molecule has 2 aromatic heterocycles. The predicted molar refractivity (Wildman–Crippen MR) is 76.0 cm³/mol. The number of hydrogen-bond donors (Lipinski definition) is 1. The Balaban J connectivity index is 1.81. The van der Waals surface area contributed by atoms with Gasteiger partial charge in [-0.25, -0.2) is 0 Å². The molecular formula is C15H23N3O. The Morgan fingerprint density at radius 1 is 1.37 bits per heavy atom. The third kappa shape index (κ3) is 3.70.